The van der Waals surface area contributed by atoms with Gasteiger partial charge in [-0.2, -0.15) is 0 Å². The van der Waals surface area contributed by atoms with Gasteiger partial charge in [-0.05, 0) is 37.2 Å². The Kier molecular flexibility index (Phi) is 7.12. The molecule has 6 heteroatoms. The highest BCUT2D eigenvalue weighted by atomic mass is 35.5. The SMILES string of the molecule is CC/C(=N\OCC=CCl)C1=C(O)CC(C2CCOCC2)CC1=O. The lowest BCUT2D eigenvalue weighted by molar-refractivity contribution is -0.117. The molecule has 1 aliphatic heterocycles. The Hall–Kier alpha value is -1.33. The van der Waals surface area contributed by atoms with E-state index >= 15 is 0 Å². The Labute approximate surface area is 142 Å². The van der Waals surface area contributed by atoms with Crippen molar-refractivity contribution < 1.29 is 19.5 Å². The molecule has 0 saturated carbocycles. The number of aliphatic hydroxyl groups is 1. The summed E-state index contributed by atoms with van der Waals surface area (Å²) in [5.74, 6) is 0.758. The highest BCUT2D eigenvalue weighted by Crippen LogP contribution is 2.36. The number of aliphatic hydroxyl groups excluding tert-OH is 1. The van der Waals surface area contributed by atoms with E-state index in [4.69, 9.17) is 21.2 Å². The first-order chi connectivity index (χ1) is 11.2. The second-order valence-electron chi connectivity index (χ2n) is 5.91. The van der Waals surface area contributed by atoms with Crippen molar-refractivity contribution >= 4 is 23.1 Å². The smallest absolute Gasteiger partial charge is 0.168 e. The van der Waals surface area contributed by atoms with Gasteiger partial charge in [-0.25, -0.2) is 0 Å². The van der Waals surface area contributed by atoms with Crippen LogP contribution in [0.4, 0.5) is 0 Å². The molecule has 128 valence electrons. The van der Waals surface area contributed by atoms with Gasteiger partial charge >= 0.3 is 0 Å². The average Bonchev–Trinajstić information content (AvgIpc) is 2.57. The van der Waals surface area contributed by atoms with Crippen LogP contribution in [-0.4, -0.2) is 36.4 Å². The van der Waals surface area contributed by atoms with Gasteiger partial charge in [0.1, 0.15) is 12.4 Å². The molecule has 1 saturated heterocycles. The number of ether oxygens (including phenoxy) is 1. The number of halogens is 1. The molecule has 2 aliphatic rings. The highest BCUT2D eigenvalue weighted by Gasteiger charge is 2.34. The molecule has 1 fully saturated rings. The van der Waals surface area contributed by atoms with Crippen LogP contribution >= 0.6 is 11.6 Å². The zero-order chi connectivity index (χ0) is 16.7. The Balaban J connectivity index is 2.09. The third kappa shape index (κ3) is 4.82. The Morgan fingerprint density at radius 1 is 1.39 bits per heavy atom. The number of oxime groups is 1. The first-order valence-corrected chi connectivity index (χ1v) is 8.58. The van der Waals surface area contributed by atoms with Crippen LogP contribution in [0.5, 0.6) is 0 Å². The van der Waals surface area contributed by atoms with E-state index in [0.717, 1.165) is 26.1 Å². The molecule has 0 bridgehead atoms. The standard InChI is InChI=1S/C17H24ClNO4/c1-2-14(19-23-7-3-6-18)17-15(20)10-13(11-16(17)21)12-4-8-22-9-5-12/h3,6,12-13,20H,2,4-5,7-11H2,1H3/b6-3?,19-14+. The molecule has 1 aliphatic carbocycles. The van der Waals surface area contributed by atoms with Gasteiger partial charge in [0.2, 0.25) is 0 Å². The van der Waals surface area contributed by atoms with Crippen molar-refractivity contribution in [1.29, 1.82) is 0 Å². The lowest BCUT2D eigenvalue weighted by Crippen LogP contribution is -2.31. The normalized spacial score (nSPS) is 24.5. The van der Waals surface area contributed by atoms with Gasteiger partial charge in [-0.1, -0.05) is 23.7 Å². The number of nitrogens with zero attached hydrogens (tertiary/aromatic N) is 1. The van der Waals surface area contributed by atoms with Crippen LogP contribution in [-0.2, 0) is 14.4 Å². The van der Waals surface area contributed by atoms with E-state index < -0.39 is 0 Å². The molecule has 0 aromatic heterocycles. The summed E-state index contributed by atoms with van der Waals surface area (Å²) in [7, 11) is 0. The van der Waals surface area contributed by atoms with E-state index in [-0.39, 0.29) is 24.1 Å². The number of allylic oxidation sites excluding steroid dienone is 2. The fraction of sp³-hybridized carbons (Fsp3) is 0.647. The number of Topliss-reactive ketones (excluding diaryl/α,β-unsaturated/α-hetero) is 1. The molecule has 1 unspecified atom stereocenters. The maximum atomic E-state index is 12.5. The summed E-state index contributed by atoms with van der Waals surface area (Å²) in [5.41, 5.74) is 2.19. The Morgan fingerprint density at radius 2 is 2.13 bits per heavy atom. The summed E-state index contributed by atoms with van der Waals surface area (Å²) in [6, 6.07) is 0. The van der Waals surface area contributed by atoms with Crippen molar-refractivity contribution in [1.82, 2.24) is 0 Å². The molecular weight excluding hydrogens is 318 g/mol. The van der Waals surface area contributed by atoms with Crippen molar-refractivity contribution in [3.05, 3.63) is 22.9 Å². The molecule has 23 heavy (non-hydrogen) atoms. The molecule has 0 spiro atoms. The van der Waals surface area contributed by atoms with Crippen LogP contribution in [0.25, 0.3) is 0 Å². The summed E-state index contributed by atoms with van der Waals surface area (Å²) >= 11 is 5.41. The quantitative estimate of drug-likeness (QED) is 0.454. The van der Waals surface area contributed by atoms with Gasteiger partial charge in [0.15, 0.2) is 5.78 Å². The largest absolute Gasteiger partial charge is 0.511 e. The summed E-state index contributed by atoms with van der Waals surface area (Å²) in [5, 5.41) is 14.4. The van der Waals surface area contributed by atoms with Gasteiger partial charge in [-0.15, -0.1) is 0 Å². The number of carbonyl (C=O) groups excluding carboxylic acids is 1. The van der Waals surface area contributed by atoms with Crippen LogP contribution < -0.4 is 0 Å². The molecule has 0 aromatic rings. The summed E-state index contributed by atoms with van der Waals surface area (Å²) < 4.78 is 5.38. The molecule has 2 rings (SSSR count). The zero-order valence-corrected chi connectivity index (χ0v) is 14.2. The van der Waals surface area contributed by atoms with Gasteiger partial charge in [0.05, 0.1) is 11.3 Å². The van der Waals surface area contributed by atoms with Gasteiger partial charge in [0, 0.05) is 31.6 Å². The Morgan fingerprint density at radius 3 is 2.74 bits per heavy atom. The maximum Gasteiger partial charge on any atom is 0.168 e. The number of carbonyl (C=O) groups is 1. The van der Waals surface area contributed by atoms with Gasteiger partial charge < -0.3 is 14.7 Å². The minimum atomic E-state index is -0.0395. The van der Waals surface area contributed by atoms with E-state index in [0.29, 0.717) is 36.5 Å². The second-order valence-corrected chi connectivity index (χ2v) is 6.16. The second kappa shape index (κ2) is 9.08. The third-order valence-electron chi connectivity index (χ3n) is 4.46. The predicted octanol–water partition coefficient (Wildman–Crippen LogP) is 3.74. The van der Waals surface area contributed by atoms with Crippen molar-refractivity contribution in [3.63, 3.8) is 0 Å². The van der Waals surface area contributed by atoms with Crippen LogP contribution in [0.2, 0.25) is 0 Å². The summed E-state index contributed by atoms with van der Waals surface area (Å²) in [6.45, 7) is 3.62. The molecule has 0 aromatic carbocycles. The van der Waals surface area contributed by atoms with Crippen molar-refractivity contribution in [3.8, 4) is 0 Å². The molecular formula is C17H24ClNO4. The van der Waals surface area contributed by atoms with Gasteiger partial charge in [-0.3, -0.25) is 4.79 Å². The molecule has 1 atom stereocenters. The van der Waals surface area contributed by atoms with E-state index in [2.05, 4.69) is 5.16 Å². The monoisotopic (exact) mass is 341 g/mol. The molecule has 1 heterocycles. The fourth-order valence-electron chi connectivity index (χ4n) is 3.25. The lowest BCUT2D eigenvalue weighted by atomic mass is 9.75. The number of ketones is 1. The zero-order valence-electron chi connectivity index (χ0n) is 13.5. The van der Waals surface area contributed by atoms with Crippen molar-refractivity contribution in [2.45, 2.75) is 39.0 Å². The predicted molar refractivity (Wildman–Crippen MR) is 89.6 cm³/mol. The van der Waals surface area contributed by atoms with Crippen molar-refractivity contribution in [2.24, 2.45) is 17.0 Å². The first-order valence-electron chi connectivity index (χ1n) is 8.14. The maximum absolute atomic E-state index is 12.5. The van der Waals surface area contributed by atoms with Crippen molar-refractivity contribution in [2.75, 3.05) is 19.8 Å². The molecule has 0 radical (unpaired) electrons. The van der Waals surface area contributed by atoms with E-state index in [1.54, 1.807) is 6.08 Å². The molecule has 1 N–H and O–H groups in total. The highest BCUT2D eigenvalue weighted by molar-refractivity contribution is 6.25. The van der Waals surface area contributed by atoms with Gasteiger partial charge in [0.25, 0.3) is 0 Å². The van der Waals surface area contributed by atoms with E-state index in [9.17, 15) is 9.90 Å². The van der Waals surface area contributed by atoms with Crippen LogP contribution in [0.1, 0.15) is 39.0 Å². The van der Waals surface area contributed by atoms with E-state index in [1.165, 1.54) is 5.54 Å². The number of hydrogen-bond acceptors (Lipinski definition) is 5. The average molecular weight is 342 g/mol. The minimum absolute atomic E-state index is 0.0395. The van der Waals surface area contributed by atoms with Crippen LogP contribution in [0.15, 0.2) is 28.1 Å². The topological polar surface area (TPSA) is 68.1 Å². The first kappa shape index (κ1) is 18.0. The van der Waals surface area contributed by atoms with Crippen LogP contribution in [0, 0.1) is 11.8 Å². The Bertz CT molecular complexity index is 507. The van der Waals surface area contributed by atoms with E-state index in [1.807, 2.05) is 6.92 Å². The molecule has 5 nitrogen and oxygen atoms in total. The summed E-state index contributed by atoms with van der Waals surface area (Å²) in [4.78, 5) is 17.6. The summed E-state index contributed by atoms with van der Waals surface area (Å²) in [6.07, 6.45) is 5.05. The molecule has 0 amide bonds. The lowest BCUT2D eigenvalue weighted by Gasteiger charge is -2.32. The third-order valence-corrected chi connectivity index (χ3v) is 4.64. The fourth-order valence-corrected chi connectivity index (χ4v) is 3.33. The van der Waals surface area contributed by atoms with Crippen LogP contribution in [0.3, 0.4) is 0 Å². The number of hydrogen-bond donors (Lipinski definition) is 1. The minimum Gasteiger partial charge on any atom is -0.511 e. The number of rotatable bonds is 6.